The Morgan fingerprint density at radius 3 is 2.51 bits per heavy atom. The van der Waals surface area contributed by atoms with Gasteiger partial charge in [-0.3, -0.25) is 14.4 Å². The van der Waals surface area contributed by atoms with Crippen molar-refractivity contribution < 1.29 is 23.9 Å². The summed E-state index contributed by atoms with van der Waals surface area (Å²) in [6.07, 6.45) is 0.130. The topological polar surface area (TPSA) is 97.0 Å². The van der Waals surface area contributed by atoms with Crippen LogP contribution < -0.4 is 25.0 Å². The maximum atomic E-state index is 12.7. The van der Waals surface area contributed by atoms with E-state index >= 15 is 0 Å². The Morgan fingerprint density at radius 2 is 1.78 bits per heavy atom. The van der Waals surface area contributed by atoms with E-state index in [2.05, 4.69) is 10.6 Å². The summed E-state index contributed by atoms with van der Waals surface area (Å²) in [5, 5.41) is 6.31. The van der Waals surface area contributed by atoms with Gasteiger partial charge in [-0.2, -0.15) is 0 Å². The summed E-state index contributed by atoms with van der Waals surface area (Å²) in [5.41, 5.74) is 2.02. The molecule has 3 aromatic rings. The molecule has 1 aliphatic heterocycles. The van der Waals surface area contributed by atoms with Crippen molar-refractivity contribution in [1.29, 1.82) is 0 Å². The zero-order chi connectivity index (χ0) is 26.4. The first-order valence-electron chi connectivity index (χ1n) is 11.5. The van der Waals surface area contributed by atoms with Crippen molar-refractivity contribution in [3.8, 4) is 11.5 Å². The Morgan fingerprint density at radius 1 is 1.03 bits per heavy atom. The van der Waals surface area contributed by atoms with Crippen molar-refractivity contribution in [2.24, 2.45) is 5.92 Å². The summed E-state index contributed by atoms with van der Waals surface area (Å²) in [5.74, 6) is 0.0241. The fraction of sp³-hybridized carbons (Fsp3) is 0.222. The molecule has 0 saturated carbocycles. The molecule has 0 radical (unpaired) electrons. The van der Waals surface area contributed by atoms with E-state index in [1.807, 2.05) is 24.3 Å². The van der Waals surface area contributed by atoms with E-state index < -0.39 is 5.92 Å². The van der Waals surface area contributed by atoms with Crippen LogP contribution in [0.1, 0.15) is 12.0 Å². The smallest absolute Gasteiger partial charge is 0.262 e. The molecule has 0 aromatic heterocycles. The highest BCUT2D eigenvalue weighted by atomic mass is 35.5. The second kappa shape index (κ2) is 12.0. The minimum absolute atomic E-state index is 0.130. The molecule has 2 N–H and O–H groups in total. The number of benzene rings is 3. The number of methoxy groups -OCH3 is 1. The van der Waals surface area contributed by atoms with Crippen molar-refractivity contribution in [2.75, 3.05) is 30.5 Å². The Hall–Kier alpha value is -3.75. The van der Waals surface area contributed by atoms with Crippen molar-refractivity contribution >= 4 is 52.3 Å². The molecule has 10 heteroatoms. The fourth-order valence-electron chi connectivity index (χ4n) is 3.95. The van der Waals surface area contributed by atoms with Gasteiger partial charge in [0.15, 0.2) is 6.61 Å². The summed E-state index contributed by atoms with van der Waals surface area (Å²) in [7, 11) is 1.58. The highest BCUT2D eigenvalue weighted by Gasteiger charge is 2.35. The second-order valence-corrected chi connectivity index (χ2v) is 9.21. The minimum Gasteiger partial charge on any atom is -0.496 e. The standard InChI is InChI=1S/C27H25Cl2N3O5/c1-36-24-5-3-2-4-17(24)14-30-27(35)18-12-26(34)32(15-18)20-7-9-21(10-8-20)37-16-25(33)31-19-6-11-22(28)23(29)13-19/h2-11,13,18H,12,14-16H2,1H3,(H,30,35)(H,31,33)/t18-/m0/s1. The molecule has 1 heterocycles. The van der Waals surface area contributed by atoms with Crippen LogP contribution in [0.3, 0.4) is 0 Å². The van der Waals surface area contributed by atoms with Gasteiger partial charge in [-0.15, -0.1) is 0 Å². The van der Waals surface area contributed by atoms with Crippen LogP contribution in [-0.4, -0.2) is 38.0 Å². The van der Waals surface area contributed by atoms with Crippen molar-refractivity contribution in [3.63, 3.8) is 0 Å². The Bertz CT molecular complexity index is 1300. The van der Waals surface area contributed by atoms with E-state index in [0.717, 1.165) is 5.56 Å². The number of halogens is 2. The molecule has 192 valence electrons. The van der Waals surface area contributed by atoms with Gasteiger partial charge < -0.3 is 25.0 Å². The lowest BCUT2D eigenvalue weighted by Gasteiger charge is -2.17. The van der Waals surface area contributed by atoms with Crippen LogP contribution in [0.25, 0.3) is 0 Å². The van der Waals surface area contributed by atoms with Crippen molar-refractivity contribution in [3.05, 3.63) is 82.3 Å². The molecule has 0 unspecified atom stereocenters. The van der Waals surface area contributed by atoms with E-state index in [1.165, 1.54) is 0 Å². The third-order valence-electron chi connectivity index (χ3n) is 5.86. The molecule has 1 atom stereocenters. The highest BCUT2D eigenvalue weighted by molar-refractivity contribution is 6.42. The van der Waals surface area contributed by atoms with Crippen LogP contribution >= 0.6 is 23.2 Å². The fourth-order valence-corrected chi connectivity index (χ4v) is 4.25. The summed E-state index contributed by atoms with van der Waals surface area (Å²) >= 11 is 11.8. The molecule has 1 aliphatic rings. The molecular weight excluding hydrogens is 517 g/mol. The van der Waals surface area contributed by atoms with E-state index in [4.69, 9.17) is 32.7 Å². The van der Waals surface area contributed by atoms with Gasteiger partial charge >= 0.3 is 0 Å². The van der Waals surface area contributed by atoms with E-state index in [0.29, 0.717) is 39.5 Å². The number of hydrogen-bond acceptors (Lipinski definition) is 5. The van der Waals surface area contributed by atoms with Gasteiger partial charge in [-0.25, -0.2) is 0 Å². The van der Waals surface area contributed by atoms with E-state index in [-0.39, 0.29) is 37.3 Å². The molecule has 3 amide bonds. The van der Waals surface area contributed by atoms with Gasteiger partial charge in [0.25, 0.3) is 5.91 Å². The van der Waals surface area contributed by atoms with Gasteiger partial charge in [0.1, 0.15) is 11.5 Å². The lowest BCUT2D eigenvalue weighted by molar-refractivity contribution is -0.126. The lowest BCUT2D eigenvalue weighted by atomic mass is 10.1. The molecule has 3 aromatic carbocycles. The number of rotatable bonds is 9. The number of nitrogens with one attached hydrogen (secondary N) is 2. The molecule has 8 nitrogen and oxygen atoms in total. The molecular formula is C27H25Cl2N3O5. The number of carbonyl (C=O) groups excluding carboxylic acids is 3. The van der Waals surface area contributed by atoms with Crippen LogP contribution in [0.4, 0.5) is 11.4 Å². The van der Waals surface area contributed by atoms with Gasteiger partial charge in [0.2, 0.25) is 11.8 Å². The van der Waals surface area contributed by atoms with Crippen molar-refractivity contribution in [1.82, 2.24) is 5.32 Å². The predicted molar refractivity (Wildman–Crippen MR) is 142 cm³/mol. The summed E-state index contributed by atoms with van der Waals surface area (Å²) in [4.78, 5) is 39.1. The van der Waals surface area contributed by atoms with Gasteiger partial charge in [0, 0.05) is 36.4 Å². The largest absolute Gasteiger partial charge is 0.496 e. The lowest BCUT2D eigenvalue weighted by Crippen LogP contribution is -2.32. The number of hydrogen-bond donors (Lipinski definition) is 2. The normalized spacial score (nSPS) is 14.8. The van der Waals surface area contributed by atoms with Gasteiger partial charge in [-0.1, -0.05) is 41.4 Å². The summed E-state index contributed by atoms with van der Waals surface area (Å²) in [6.45, 7) is 0.387. The second-order valence-electron chi connectivity index (χ2n) is 8.39. The number of amides is 3. The molecule has 0 aliphatic carbocycles. The molecule has 4 rings (SSSR count). The van der Waals surface area contributed by atoms with Crippen molar-refractivity contribution in [2.45, 2.75) is 13.0 Å². The van der Waals surface area contributed by atoms with Crippen LogP contribution in [-0.2, 0) is 20.9 Å². The highest BCUT2D eigenvalue weighted by Crippen LogP contribution is 2.28. The molecule has 37 heavy (non-hydrogen) atoms. The minimum atomic E-state index is -0.455. The van der Waals surface area contributed by atoms with Gasteiger partial charge in [0.05, 0.1) is 23.1 Å². The molecule has 0 spiro atoms. The van der Waals surface area contributed by atoms with Crippen LogP contribution in [0.5, 0.6) is 11.5 Å². The molecule has 1 saturated heterocycles. The number of anilines is 2. The molecule has 1 fully saturated rings. The summed E-state index contributed by atoms with van der Waals surface area (Å²) < 4.78 is 10.9. The number of para-hydroxylation sites is 1. The SMILES string of the molecule is COc1ccccc1CNC(=O)[C@H]1CC(=O)N(c2ccc(OCC(=O)Nc3ccc(Cl)c(Cl)c3)cc2)C1. The van der Waals surface area contributed by atoms with Crippen LogP contribution in [0, 0.1) is 5.92 Å². The monoisotopic (exact) mass is 541 g/mol. The Balaban J connectivity index is 1.27. The van der Waals surface area contributed by atoms with E-state index in [9.17, 15) is 14.4 Å². The molecule has 0 bridgehead atoms. The zero-order valence-electron chi connectivity index (χ0n) is 20.0. The predicted octanol–water partition coefficient (Wildman–Crippen LogP) is 4.69. The van der Waals surface area contributed by atoms with Gasteiger partial charge in [-0.05, 0) is 48.5 Å². The average molecular weight is 542 g/mol. The Labute approximate surface area is 224 Å². The van der Waals surface area contributed by atoms with E-state index in [1.54, 1.807) is 54.5 Å². The quantitative estimate of drug-likeness (QED) is 0.409. The first-order valence-corrected chi connectivity index (χ1v) is 12.3. The number of carbonyl (C=O) groups is 3. The first-order chi connectivity index (χ1) is 17.8. The maximum absolute atomic E-state index is 12.7. The maximum Gasteiger partial charge on any atom is 0.262 e. The number of ether oxygens (including phenoxy) is 2. The summed E-state index contributed by atoms with van der Waals surface area (Å²) in [6, 6.07) is 19.0. The van der Waals surface area contributed by atoms with Crippen LogP contribution in [0.2, 0.25) is 10.0 Å². The third kappa shape index (κ3) is 6.72. The Kier molecular flexibility index (Phi) is 8.53. The van der Waals surface area contributed by atoms with Crippen LogP contribution in [0.15, 0.2) is 66.7 Å². The first kappa shape index (κ1) is 26.3. The third-order valence-corrected chi connectivity index (χ3v) is 6.60. The average Bonchev–Trinajstić information content (AvgIpc) is 3.30. The number of nitrogens with zero attached hydrogens (tertiary/aromatic N) is 1. The zero-order valence-corrected chi connectivity index (χ0v) is 21.5.